The Morgan fingerprint density at radius 3 is 2.60 bits per heavy atom. The number of aryl methyl sites for hydroxylation is 1. The predicted molar refractivity (Wildman–Crippen MR) is 98.8 cm³/mol. The Morgan fingerprint density at radius 1 is 1.24 bits per heavy atom. The molecule has 7 nitrogen and oxygen atoms in total. The van der Waals surface area contributed by atoms with Crippen molar-refractivity contribution in [1.29, 1.82) is 0 Å². The van der Waals surface area contributed by atoms with E-state index < -0.39 is 11.2 Å². The van der Waals surface area contributed by atoms with Gasteiger partial charge in [-0.3, -0.25) is 24.0 Å². The second-order valence-corrected chi connectivity index (χ2v) is 6.05. The third-order valence-corrected chi connectivity index (χ3v) is 4.50. The highest BCUT2D eigenvalue weighted by Crippen LogP contribution is 2.07. The first-order valence-corrected chi connectivity index (χ1v) is 8.70. The van der Waals surface area contributed by atoms with Gasteiger partial charge in [-0.2, -0.15) is 0 Å². The molecule has 2 rings (SSSR count). The van der Waals surface area contributed by atoms with Crippen LogP contribution in [0.2, 0.25) is 0 Å². The quantitative estimate of drug-likeness (QED) is 0.744. The third kappa shape index (κ3) is 4.57. The average Bonchev–Trinajstić information content (AvgIpc) is 2.60. The molecule has 1 aromatic heterocycles. The maximum Gasteiger partial charge on any atom is 0.328 e. The van der Waals surface area contributed by atoms with Crippen LogP contribution in [-0.2, 0) is 11.3 Å². The van der Waals surface area contributed by atoms with Gasteiger partial charge in [-0.1, -0.05) is 26.0 Å². The molecule has 1 heterocycles. The smallest absolute Gasteiger partial charge is 0.328 e. The minimum absolute atomic E-state index is 0.110. The van der Waals surface area contributed by atoms with E-state index >= 15 is 0 Å². The van der Waals surface area contributed by atoms with Gasteiger partial charge in [-0.25, -0.2) is 4.79 Å². The SMILES string of the molecule is CCN(CC)C(C)CNC(=O)CCn1c(=O)[nH]c(=O)c2ccccc21. The molecule has 2 aromatic rings. The van der Waals surface area contributed by atoms with Gasteiger partial charge in [-0.15, -0.1) is 0 Å². The normalized spacial score (nSPS) is 12.5. The Labute approximate surface area is 146 Å². The molecule has 1 atom stereocenters. The second kappa shape index (κ2) is 8.62. The summed E-state index contributed by atoms with van der Waals surface area (Å²) in [5, 5.41) is 3.36. The van der Waals surface area contributed by atoms with Crippen LogP contribution < -0.4 is 16.6 Å². The standard InChI is InChI=1S/C18H26N4O3/c1-4-21(5-2)13(3)12-19-16(23)10-11-22-15-9-7-6-8-14(15)17(24)20-18(22)25/h6-9,13H,4-5,10-12H2,1-3H3,(H,19,23)(H,20,24,25). The van der Waals surface area contributed by atoms with Gasteiger partial charge < -0.3 is 5.32 Å². The number of rotatable bonds is 8. The number of benzene rings is 1. The summed E-state index contributed by atoms with van der Waals surface area (Å²) in [7, 11) is 0. The number of H-pyrrole nitrogens is 1. The Kier molecular flexibility index (Phi) is 6.52. The summed E-state index contributed by atoms with van der Waals surface area (Å²) in [5.41, 5.74) is -0.358. The summed E-state index contributed by atoms with van der Waals surface area (Å²) in [4.78, 5) is 40.6. The van der Waals surface area contributed by atoms with Crippen molar-refractivity contribution in [3.63, 3.8) is 0 Å². The van der Waals surface area contributed by atoms with E-state index in [-0.39, 0.29) is 24.9 Å². The zero-order chi connectivity index (χ0) is 18.4. The third-order valence-electron chi connectivity index (χ3n) is 4.50. The van der Waals surface area contributed by atoms with Gasteiger partial charge in [-0.05, 0) is 32.1 Å². The number of hydrogen-bond donors (Lipinski definition) is 2. The minimum Gasteiger partial charge on any atom is -0.354 e. The number of nitrogens with one attached hydrogen (secondary N) is 2. The summed E-state index contributed by atoms with van der Waals surface area (Å²) < 4.78 is 1.43. The van der Waals surface area contributed by atoms with Crippen molar-refractivity contribution >= 4 is 16.8 Å². The highest BCUT2D eigenvalue weighted by atomic mass is 16.2. The van der Waals surface area contributed by atoms with E-state index in [0.29, 0.717) is 17.4 Å². The lowest BCUT2D eigenvalue weighted by Crippen LogP contribution is -2.42. The summed E-state index contributed by atoms with van der Waals surface area (Å²) in [5.74, 6) is -0.110. The van der Waals surface area contributed by atoms with Crippen LogP contribution in [0.1, 0.15) is 27.2 Å². The predicted octanol–water partition coefficient (Wildman–Crippen LogP) is 0.926. The lowest BCUT2D eigenvalue weighted by molar-refractivity contribution is -0.121. The Balaban J connectivity index is 2.02. The summed E-state index contributed by atoms with van der Waals surface area (Å²) >= 11 is 0. The Morgan fingerprint density at radius 2 is 1.92 bits per heavy atom. The fraction of sp³-hybridized carbons (Fsp3) is 0.500. The first kappa shape index (κ1) is 18.9. The molecule has 1 amide bonds. The molecule has 2 N–H and O–H groups in total. The molecular weight excluding hydrogens is 320 g/mol. The summed E-state index contributed by atoms with van der Waals surface area (Å²) in [6.07, 6.45) is 0.181. The van der Waals surface area contributed by atoms with Crippen LogP contribution in [0.15, 0.2) is 33.9 Å². The van der Waals surface area contributed by atoms with Gasteiger partial charge in [0.2, 0.25) is 5.91 Å². The largest absolute Gasteiger partial charge is 0.354 e. The van der Waals surface area contributed by atoms with Crippen LogP contribution in [0.3, 0.4) is 0 Å². The van der Waals surface area contributed by atoms with Crippen molar-refractivity contribution in [2.24, 2.45) is 0 Å². The summed E-state index contributed by atoms with van der Waals surface area (Å²) in [6, 6.07) is 7.15. The highest BCUT2D eigenvalue weighted by Gasteiger charge is 2.12. The first-order valence-electron chi connectivity index (χ1n) is 8.70. The molecule has 0 saturated heterocycles. The van der Waals surface area contributed by atoms with E-state index in [2.05, 4.69) is 36.0 Å². The number of para-hydroxylation sites is 1. The molecule has 0 aliphatic heterocycles. The van der Waals surface area contributed by atoms with E-state index in [0.717, 1.165) is 13.1 Å². The van der Waals surface area contributed by atoms with E-state index in [4.69, 9.17) is 0 Å². The highest BCUT2D eigenvalue weighted by molar-refractivity contribution is 5.78. The van der Waals surface area contributed by atoms with Gasteiger partial charge >= 0.3 is 5.69 Å². The van der Waals surface area contributed by atoms with Crippen molar-refractivity contribution in [3.8, 4) is 0 Å². The maximum absolute atomic E-state index is 12.1. The van der Waals surface area contributed by atoms with E-state index in [1.165, 1.54) is 4.57 Å². The minimum atomic E-state index is -0.493. The molecular formula is C18H26N4O3. The Hall–Kier alpha value is -2.41. The molecule has 1 aromatic carbocycles. The van der Waals surface area contributed by atoms with Crippen LogP contribution in [0.25, 0.3) is 10.9 Å². The van der Waals surface area contributed by atoms with Crippen LogP contribution in [-0.4, -0.2) is 46.0 Å². The van der Waals surface area contributed by atoms with Crippen molar-refractivity contribution in [2.75, 3.05) is 19.6 Å². The van der Waals surface area contributed by atoms with Crippen LogP contribution in [0, 0.1) is 0 Å². The molecule has 0 aliphatic rings. The molecule has 0 aliphatic carbocycles. The molecule has 1 unspecified atom stereocenters. The fourth-order valence-electron chi connectivity index (χ4n) is 3.00. The van der Waals surface area contributed by atoms with E-state index in [1.54, 1.807) is 24.3 Å². The number of carbonyl (C=O) groups excluding carboxylic acids is 1. The Bertz CT molecular complexity index is 836. The number of nitrogens with zero attached hydrogens (tertiary/aromatic N) is 2. The van der Waals surface area contributed by atoms with Crippen LogP contribution in [0.4, 0.5) is 0 Å². The van der Waals surface area contributed by atoms with Crippen molar-refractivity contribution in [3.05, 3.63) is 45.1 Å². The van der Waals surface area contributed by atoms with E-state index in [9.17, 15) is 14.4 Å². The molecule has 0 bridgehead atoms. The first-order chi connectivity index (χ1) is 12.0. The van der Waals surface area contributed by atoms with Gasteiger partial charge in [0.25, 0.3) is 5.56 Å². The maximum atomic E-state index is 12.1. The molecule has 7 heteroatoms. The van der Waals surface area contributed by atoms with Crippen LogP contribution >= 0.6 is 0 Å². The lowest BCUT2D eigenvalue weighted by atomic mass is 10.2. The monoisotopic (exact) mass is 346 g/mol. The van der Waals surface area contributed by atoms with Crippen molar-refractivity contribution < 1.29 is 4.79 Å². The molecule has 0 spiro atoms. The fourth-order valence-corrected chi connectivity index (χ4v) is 3.00. The zero-order valence-corrected chi connectivity index (χ0v) is 15.0. The van der Waals surface area contributed by atoms with Gasteiger partial charge in [0.05, 0.1) is 10.9 Å². The van der Waals surface area contributed by atoms with Crippen LogP contribution in [0.5, 0.6) is 0 Å². The molecule has 136 valence electrons. The molecule has 0 radical (unpaired) electrons. The van der Waals surface area contributed by atoms with Gasteiger partial charge in [0.1, 0.15) is 0 Å². The molecule has 25 heavy (non-hydrogen) atoms. The number of likely N-dealkylation sites (N-methyl/N-ethyl adjacent to an activating group) is 1. The lowest BCUT2D eigenvalue weighted by Gasteiger charge is -2.26. The molecule has 0 fully saturated rings. The number of carbonyl (C=O) groups is 1. The second-order valence-electron chi connectivity index (χ2n) is 6.05. The number of aromatic nitrogens is 2. The van der Waals surface area contributed by atoms with Gasteiger partial charge in [0.15, 0.2) is 0 Å². The summed E-state index contributed by atoms with van der Waals surface area (Å²) in [6.45, 7) is 8.93. The number of amides is 1. The topological polar surface area (TPSA) is 87.2 Å². The average molecular weight is 346 g/mol. The van der Waals surface area contributed by atoms with Crippen molar-refractivity contribution in [2.45, 2.75) is 39.8 Å². The number of aromatic amines is 1. The number of fused-ring (bicyclic) bond motifs is 1. The zero-order valence-electron chi connectivity index (χ0n) is 15.0. The van der Waals surface area contributed by atoms with E-state index in [1.807, 2.05) is 0 Å². The number of hydrogen-bond acceptors (Lipinski definition) is 4. The van der Waals surface area contributed by atoms with Crippen molar-refractivity contribution in [1.82, 2.24) is 19.8 Å². The molecule has 0 saturated carbocycles. The van der Waals surface area contributed by atoms with Gasteiger partial charge in [0, 0.05) is 25.6 Å².